The number of ketones is 1. The van der Waals surface area contributed by atoms with E-state index in [2.05, 4.69) is 31.7 Å². The Labute approximate surface area is 216 Å². The van der Waals surface area contributed by atoms with Crippen LogP contribution in [0.1, 0.15) is 40.5 Å². The monoisotopic (exact) mass is 529 g/mol. The van der Waals surface area contributed by atoms with Gasteiger partial charge in [-0.15, -0.1) is 0 Å². The molecule has 0 amide bonds. The van der Waals surface area contributed by atoms with Crippen LogP contribution in [0.2, 0.25) is 0 Å². The van der Waals surface area contributed by atoms with Gasteiger partial charge < -0.3 is 26.9 Å². The van der Waals surface area contributed by atoms with Crippen molar-refractivity contribution in [3.63, 3.8) is 0 Å². The normalized spacial score (nSPS) is 19.3. The molecule has 10 nitrogen and oxygen atoms in total. The number of pyridine rings is 1. The van der Waals surface area contributed by atoms with E-state index in [9.17, 15) is 4.79 Å². The fourth-order valence-corrected chi connectivity index (χ4v) is 2.25. The molecule has 2 atom stereocenters. The molecule has 0 spiro atoms. The molecule has 35 heavy (non-hydrogen) atoms. The Morgan fingerprint density at radius 3 is 1.57 bits per heavy atom. The quantitative estimate of drug-likeness (QED) is 0.191. The Kier molecular flexibility index (Phi) is 20.2. The summed E-state index contributed by atoms with van der Waals surface area (Å²) < 4.78 is 0. The van der Waals surface area contributed by atoms with Crippen molar-refractivity contribution in [1.82, 2.24) is 4.98 Å². The van der Waals surface area contributed by atoms with Gasteiger partial charge in [-0.25, -0.2) is 0 Å². The zero-order chi connectivity index (χ0) is 25.8. The number of rotatable bonds is 2. The van der Waals surface area contributed by atoms with Gasteiger partial charge in [-0.05, 0) is 39.8 Å². The van der Waals surface area contributed by atoms with Gasteiger partial charge in [0, 0.05) is 41.0 Å². The second-order valence-corrected chi connectivity index (χ2v) is 7.00. The van der Waals surface area contributed by atoms with Crippen molar-refractivity contribution in [3.8, 4) is 0 Å². The standard InChI is InChI=1S/C11H11O.C5H5N.2C4H8N2O2.Co/c12-11-9-5-1-2-6-10(11)8-4-3-7-9;1-2-4-6-5-3-1;2*1-3(5-7)4(2)6-8;/h1-3,5-6,9-10H,7-8H2;1-5H;2*7-8H,1-2H3;/q-1;;;;/b;;5-3+,6-4+;5-3-,6-4+;/t9-,10+;;;;/m0..../s1. The van der Waals surface area contributed by atoms with E-state index in [4.69, 9.17) is 20.8 Å². The molecule has 193 valence electrons. The first-order valence-electron chi connectivity index (χ1n) is 10.4. The predicted octanol–water partition coefficient (Wildman–Crippen LogP) is 4.52. The third-order valence-electron chi connectivity index (χ3n) is 4.60. The summed E-state index contributed by atoms with van der Waals surface area (Å²) in [5, 5.41) is 43.3. The summed E-state index contributed by atoms with van der Waals surface area (Å²) in [7, 11) is 0. The molecule has 0 aliphatic heterocycles. The van der Waals surface area contributed by atoms with Crippen LogP contribution in [-0.2, 0) is 21.6 Å². The van der Waals surface area contributed by atoms with Crippen LogP contribution < -0.4 is 0 Å². The molecule has 2 aliphatic carbocycles. The fourth-order valence-electron chi connectivity index (χ4n) is 2.25. The Balaban J connectivity index is 0. The molecule has 1 heterocycles. The van der Waals surface area contributed by atoms with E-state index >= 15 is 0 Å². The number of allylic oxidation sites excluding steroid dienone is 6. The first kappa shape index (κ1) is 33.6. The Morgan fingerprint density at radius 1 is 0.800 bits per heavy atom. The summed E-state index contributed by atoms with van der Waals surface area (Å²) in [5.74, 6) is 0.519. The van der Waals surface area contributed by atoms with Crippen molar-refractivity contribution < 1.29 is 42.4 Å². The van der Waals surface area contributed by atoms with Gasteiger partial charge >= 0.3 is 0 Å². The number of carbonyl (C=O) groups excluding carboxylic acids is 1. The molecule has 0 unspecified atom stereocenters. The topological polar surface area (TPSA) is 160 Å². The summed E-state index contributed by atoms with van der Waals surface area (Å²) in [6.45, 7) is 6.15. The van der Waals surface area contributed by atoms with Crippen molar-refractivity contribution in [2.24, 2.45) is 32.5 Å². The molecule has 1 radical (unpaired) electrons. The first-order valence-corrected chi connectivity index (χ1v) is 10.4. The average molecular weight is 529 g/mol. The van der Waals surface area contributed by atoms with Crippen LogP contribution in [0.4, 0.5) is 0 Å². The summed E-state index contributed by atoms with van der Waals surface area (Å²) in [6, 6.07) is 5.72. The molecule has 0 saturated carbocycles. The van der Waals surface area contributed by atoms with Gasteiger partial charge in [-0.1, -0.05) is 57.4 Å². The minimum Gasteiger partial charge on any atom is -0.500 e. The van der Waals surface area contributed by atoms with Gasteiger partial charge in [0.05, 0.1) is 0 Å². The largest absolute Gasteiger partial charge is 0.500 e. The van der Waals surface area contributed by atoms with E-state index in [1.54, 1.807) is 12.4 Å². The molecule has 2 bridgehead atoms. The Bertz CT molecular complexity index is 824. The van der Waals surface area contributed by atoms with E-state index in [0.717, 1.165) is 12.8 Å². The zero-order valence-corrected chi connectivity index (χ0v) is 21.1. The van der Waals surface area contributed by atoms with Crippen LogP contribution in [0.5, 0.6) is 0 Å². The van der Waals surface area contributed by atoms with Gasteiger partial charge in [0.1, 0.15) is 28.6 Å². The SMILES string of the molecule is CC(=N/O)/C(C)=N/O.CC(=N\O)/C(C)=N/O.O=C1[C@@H]2C=CC=C[C@H]1CC=[C-]C2.[Co].c1ccncc1. The molecular weight excluding hydrogens is 497 g/mol. The van der Waals surface area contributed by atoms with Crippen molar-refractivity contribution in [1.29, 1.82) is 0 Å². The van der Waals surface area contributed by atoms with Crippen LogP contribution in [0.15, 0.2) is 81.6 Å². The van der Waals surface area contributed by atoms with Crippen LogP contribution >= 0.6 is 0 Å². The molecule has 0 fully saturated rings. The summed E-state index contributed by atoms with van der Waals surface area (Å²) in [5.41, 5.74) is 1.25. The van der Waals surface area contributed by atoms with Crippen LogP contribution in [-0.4, -0.2) is 54.4 Å². The van der Waals surface area contributed by atoms with Gasteiger partial charge in [0.25, 0.3) is 0 Å². The minimum atomic E-state index is 0. The summed E-state index contributed by atoms with van der Waals surface area (Å²) in [6.07, 6.45) is 18.1. The summed E-state index contributed by atoms with van der Waals surface area (Å²) in [4.78, 5) is 15.5. The van der Waals surface area contributed by atoms with Gasteiger partial charge in [-0.3, -0.25) is 15.9 Å². The molecule has 4 N–H and O–H groups in total. The number of aromatic nitrogens is 1. The van der Waals surface area contributed by atoms with E-state index in [-0.39, 0.29) is 28.6 Å². The second kappa shape index (κ2) is 21.0. The number of Topliss-reactive ketones (excluding diaryl/α,β-unsaturated/α-hetero) is 1. The Morgan fingerprint density at radius 2 is 1.23 bits per heavy atom. The maximum absolute atomic E-state index is 11.7. The molecule has 0 saturated heterocycles. The van der Waals surface area contributed by atoms with Crippen molar-refractivity contribution in [2.45, 2.75) is 40.5 Å². The van der Waals surface area contributed by atoms with Crippen LogP contribution in [0.3, 0.4) is 0 Å². The number of hydrogen-bond donors (Lipinski definition) is 4. The summed E-state index contributed by atoms with van der Waals surface area (Å²) >= 11 is 0. The third-order valence-corrected chi connectivity index (χ3v) is 4.60. The predicted molar refractivity (Wildman–Crippen MR) is 131 cm³/mol. The van der Waals surface area contributed by atoms with Gasteiger partial charge in [0.15, 0.2) is 0 Å². The molecule has 2 aliphatic rings. The Hall–Kier alpha value is -3.57. The third kappa shape index (κ3) is 15.0. The van der Waals surface area contributed by atoms with Crippen molar-refractivity contribution >= 4 is 28.6 Å². The van der Waals surface area contributed by atoms with Gasteiger partial charge in [-0.2, -0.15) is 6.42 Å². The molecule has 11 heteroatoms. The van der Waals surface area contributed by atoms with Crippen LogP contribution in [0.25, 0.3) is 0 Å². The average Bonchev–Trinajstić information content (AvgIpc) is 3.19. The number of nitrogens with zero attached hydrogens (tertiary/aromatic N) is 5. The van der Waals surface area contributed by atoms with Crippen molar-refractivity contribution in [2.75, 3.05) is 0 Å². The molecule has 1 aromatic heterocycles. The minimum absolute atomic E-state index is 0. The van der Waals surface area contributed by atoms with E-state index in [1.165, 1.54) is 27.7 Å². The first-order chi connectivity index (χ1) is 16.3. The molecular formula is C24H32CoN5O5-. The maximum atomic E-state index is 11.7. The number of hydrogen-bond acceptors (Lipinski definition) is 10. The van der Waals surface area contributed by atoms with Crippen LogP contribution in [0, 0.1) is 17.9 Å². The van der Waals surface area contributed by atoms with Crippen molar-refractivity contribution in [3.05, 3.63) is 67.0 Å². The maximum Gasteiger partial charge on any atom is 0.144 e. The molecule has 0 aromatic carbocycles. The van der Waals surface area contributed by atoms with Gasteiger partial charge in [0.2, 0.25) is 0 Å². The second-order valence-electron chi connectivity index (χ2n) is 7.00. The smallest absolute Gasteiger partial charge is 0.144 e. The number of carbonyl (C=O) groups is 1. The number of oxime groups is 4. The number of fused-ring (bicyclic) bond motifs is 2. The fraction of sp³-hybridized carbons (Fsp3) is 0.333. The molecule has 1 aromatic rings. The zero-order valence-electron chi connectivity index (χ0n) is 20.1. The molecule has 3 rings (SSSR count). The van der Waals surface area contributed by atoms with E-state index < -0.39 is 0 Å². The van der Waals surface area contributed by atoms with E-state index in [1.807, 2.05) is 48.6 Å². The van der Waals surface area contributed by atoms with E-state index in [0.29, 0.717) is 28.6 Å².